The van der Waals surface area contributed by atoms with Crippen LogP contribution in [0.2, 0.25) is 0 Å². The Bertz CT molecular complexity index is 1050. The highest BCUT2D eigenvalue weighted by Gasteiger charge is 2.17. The van der Waals surface area contributed by atoms with Gasteiger partial charge in [0, 0.05) is 29.7 Å². The number of carbonyl (C=O) groups is 1. The highest BCUT2D eigenvalue weighted by Crippen LogP contribution is 2.32. The van der Waals surface area contributed by atoms with Crippen molar-refractivity contribution in [3.8, 4) is 17.2 Å². The second kappa shape index (κ2) is 8.48. The summed E-state index contributed by atoms with van der Waals surface area (Å²) < 4.78 is 16.9. The summed E-state index contributed by atoms with van der Waals surface area (Å²) >= 11 is 0. The van der Waals surface area contributed by atoms with E-state index in [0.29, 0.717) is 29.4 Å². The molecule has 6 heteroatoms. The molecule has 6 nitrogen and oxygen atoms in total. The number of anilines is 1. The number of carbonyl (C=O) groups excluding carboxylic acids is 1. The number of pyridine rings is 1. The maximum absolute atomic E-state index is 12.7. The van der Waals surface area contributed by atoms with Crippen LogP contribution in [0.5, 0.6) is 17.2 Å². The molecule has 29 heavy (non-hydrogen) atoms. The first kappa shape index (κ1) is 18.6. The standard InChI is InChI=1S/C23H20N2O4/c1-27-21-7-6-19(13-22(21)28-14-16-8-10-24-11-9-16)25-23(26)18-12-17-4-2-3-5-20(17)29-15-18/h2-13H,14-15H2,1H3,(H,25,26). The lowest BCUT2D eigenvalue weighted by molar-refractivity contribution is -0.113. The monoisotopic (exact) mass is 388 g/mol. The van der Waals surface area contributed by atoms with Crippen LogP contribution in [0.3, 0.4) is 0 Å². The molecule has 1 aliphatic heterocycles. The topological polar surface area (TPSA) is 69.7 Å². The predicted molar refractivity (Wildman–Crippen MR) is 110 cm³/mol. The summed E-state index contributed by atoms with van der Waals surface area (Å²) in [6, 6.07) is 16.7. The number of benzene rings is 2. The fraction of sp³-hybridized carbons (Fsp3) is 0.130. The molecular formula is C23H20N2O4. The molecule has 0 spiro atoms. The molecule has 0 saturated carbocycles. The van der Waals surface area contributed by atoms with E-state index in [9.17, 15) is 4.79 Å². The van der Waals surface area contributed by atoms with Crippen LogP contribution < -0.4 is 19.5 Å². The third-order valence-electron chi connectivity index (χ3n) is 4.49. The largest absolute Gasteiger partial charge is 0.493 e. The third-order valence-corrected chi connectivity index (χ3v) is 4.49. The zero-order chi connectivity index (χ0) is 20.1. The lowest BCUT2D eigenvalue weighted by atomic mass is 10.1. The van der Waals surface area contributed by atoms with Crippen molar-refractivity contribution in [3.05, 3.63) is 83.7 Å². The molecule has 2 heterocycles. The maximum atomic E-state index is 12.7. The van der Waals surface area contributed by atoms with Crippen LogP contribution in [0.4, 0.5) is 5.69 Å². The molecule has 1 N–H and O–H groups in total. The average molecular weight is 388 g/mol. The number of para-hydroxylation sites is 1. The zero-order valence-electron chi connectivity index (χ0n) is 15.9. The first-order valence-electron chi connectivity index (χ1n) is 9.16. The van der Waals surface area contributed by atoms with Gasteiger partial charge in [0.25, 0.3) is 5.91 Å². The zero-order valence-corrected chi connectivity index (χ0v) is 15.9. The van der Waals surface area contributed by atoms with Crippen molar-refractivity contribution in [2.75, 3.05) is 19.0 Å². The lowest BCUT2D eigenvalue weighted by Crippen LogP contribution is -2.21. The number of methoxy groups -OCH3 is 1. The van der Waals surface area contributed by atoms with Crippen molar-refractivity contribution in [2.24, 2.45) is 0 Å². The summed E-state index contributed by atoms with van der Waals surface area (Å²) in [7, 11) is 1.58. The molecule has 0 bridgehead atoms. The molecule has 0 saturated heterocycles. The Kier molecular flexibility index (Phi) is 5.42. The fourth-order valence-corrected chi connectivity index (χ4v) is 2.97. The molecule has 0 unspecified atom stereocenters. The Labute approximate surface area is 168 Å². The summed E-state index contributed by atoms with van der Waals surface area (Å²) in [5.74, 6) is 1.69. The van der Waals surface area contributed by atoms with E-state index in [1.807, 2.05) is 42.5 Å². The van der Waals surface area contributed by atoms with E-state index >= 15 is 0 Å². The highest BCUT2D eigenvalue weighted by atomic mass is 16.5. The minimum Gasteiger partial charge on any atom is -0.493 e. The van der Waals surface area contributed by atoms with E-state index in [4.69, 9.17) is 14.2 Å². The van der Waals surface area contributed by atoms with E-state index in [0.717, 1.165) is 16.9 Å². The second-order valence-electron chi connectivity index (χ2n) is 6.46. The number of ether oxygens (including phenoxy) is 3. The summed E-state index contributed by atoms with van der Waals surface area (Å²) in [6.07, 6.45) is 5.27. The van der Waals surface area contributed by atoms with Crippen molar-refractivity contribution >= 4 is 17.7 Å². The molecule has 1 amide bonds. The number of fused-ring (bicyclic) bond motifs is 1. The Balaban J connectivity index is 1.49. The number of rotatable bonds is 6. The Morgan fingerprint density at radius 1 is 1.10 bits per heavy atom. The van der Waals surface area contributed by atoms with Crippen molar-refractivity contribution in [1.29, 1.82) is 0 Å². The van der Waals surface area contributed by atoms with Crippen LogP contribution in [-0.2, 0) is 11.4 Å². The Morgan fingerprint density at radius 2 is 1.93 bits per heavy atom. The average Bonchev–Trinajstić information content (AvgIpc) is 2.78. The van der Waals surface area contributed by atoms with E-state index in [2.05, 4.69) is 10.3 Å². The van der Waals surface area contributed by atoms with Crippen molar-refractivity contribution in [2.45, 2.75) is 6.61 Å². The smallest absolute Gasteiger partial charge is 0.255 e. The molecule has 0 fully saturated rings. The van der Waals surface area contributed by atoms with Gasteiger partial charge in [-0.2, -0.15) is 0 Å². The van der Waals surface area contributed by atoms with Crippen molar-refractivity contribution in [3.63, 3.8) is 0 Å². The minimum absolute atomic E-state index is 0.218. The number of hydrogen-bond acceptors (Lipinski definition) is 5. The molecule has 0 atom stereocenters. The van der Waals surface area contributed by atoms with Gasteiger partial charge < -0.3 is 19.5 Å². The SMILES string of the molecule is COc1ccc(NC(=O)C2=Cc3ccccc3OC2)cc1OCc1ccncc1. The summed E-state index contributed by atoms with van der Waals surface area (Å²) in [4.78, 5) is 16.7. The number of amides is 1. The minimum atomic E-state index is -0.218. The molecular weight excluding hydrogens is 368 g/mol. The molecule has 0 radical (unpaired) electrons. The third kappa shape index (κ3) is 4.38. The quantitative estimate of drug-likeness (QED) is 0.689. The lowest BCUT2D eigenvalue weighted by Gasteiger charge is -2.18. The van der Waals surface area contributed by atoms with Gasteiger partial charge in [0.15, 0.2) is 11.5 Å². The van der Waals surface area contributed by atoms with Crippen LogP contribution in [-0.4, -0.2) is 24.6 Å². The van der Waals surface area contributed by atoms with Gasteiger partial charge in [-0.25, -0.2) is 0 Å². The summed E-state index contributed by atoms with van der Waals surface area (Å²) in [5, 5.41) is 2.90. The van der Waals surface area contributed by atoms with Crippen LogP contribution in [0.15, 0.2) is 72.6 Å². The highest BCUT2D eigenvalue weighted by molar-refractivity contribution is 6.07. The van der Waals surface area contributed by atoms with E-state index in [-0.39, 0.29) is 12.5 Å². The van der Waals surface area contributed by atoms with E-state index < -0.39 is 0 Å². The summed E-state index contributed by atoms with van der Waals surface area (Å²) in [6.45, 7) is 0.594. The van der Waals surface area contributed by atoms with Crippen molar-refractivity contribution < 1.29 is 19.0 Å². The Morgan fingerprint density at radius 3 is 2.76 bits per heavy atom. The van der Waals surface area contributed by atoms with E-state index in [1.165, 1.54) is 0 Å². The van der Waals surface area contributed by atoms with Crippen LogP contribution in [0, 0.1) is 0 Å². The molecule has 4 rings (SSSR count). The van der Waals surface area contributed by atoms with Crippen LogP contribution >= 0.6 is 0 Å². The van der Waals surface area contributed by atoms with Gasteiger partial charge in [-0.05, 0) is 42.0 Å². The van der Waals surface area contributed by atoms with Gasteiger partial charge >= 0.3 is 0 Å². The first-order chi connectivity index (χ1) is 14.2. The normalized spacial score (nSPS) is 12.2. The summed E-state index contributed by atoms with van der Waals surface area (Å²) in [5.41, 5.74) is 3.04. The number of hydrogen-bond donors (Lipinski definition) is 1. The molecule has 146 valence electrons. The maximum Gasteiger partial charge on any atom is 0.255 e. The van der Waals surface area contributed by atoms with Gasteiger partial charge in [-0.3, -0.25) is 9.78 Å². The predicted octanol–water partition coefficient (Wildman–Crippen LogP) is 4.08. The van der Waals surface area contributed by atoms with Gasteiger partial charge in [0.1, 0.15) is 19.0 Å². The van der Waals surface area contributed by atoms with Gasteiger partial charge in [-0.1, -0.05) is 18.2 Å². The van der Waals surface area contributed by atoms with Gasteiger partial charge in [0.2, 0.25) is 0 Å². The van der Waals surface area contributed by atoms with E-state index in [1.54, 1.807) is 37.7 Å². The molecule has 1 aliphatic rings. The van der Waals surface area contributed by atoms with Gasteiger partial charge in [0.05, 0.1) is 12.7 Å². The molecule has 3 aromatic rings. The molecule has 2 aromatic carbocycles. The van der Waals surface area contributed by atoms with Gasteiger partial charge in [-0.15, -0.1) is 0 Å². The van der Waals surface area contributed by atoms with Crippen molar-refractivity contribution in [1.82, 2.24) is 4.98 Å². The van der Waals surface area contributed by atoms with Crippen LogP contribution in [0.25, 0.3) is 6.08 Å². The molecule has 0 aliphatic carbocycles. The number of nitrogens with one attached hydrogen (secondary N) is 1. The Hall–Kier alpha value is -3.80. The second-order valence-corrected chi connectivity index (χ2v) is 6.46. The fourth-order valence-electron chi connectivity index (χ4n) is 2.97. The van der Waals surface area contributed by atoms with Crippen LogP contribution in [0.1, 0.15) is 11.1 Å². The molecule has 1 aromatic heterocycles. The number of nitrogens with zero attached hydrogens (tertiary/aromatic N) is 1. The number of aromatic nitrogens is 1. The first-order valence-corrected chi connectivity index (χ1v) is 9.16.